The van der Waals surface area contributed by atoms with E-state index < -0.39 is 0 Å². The van der Waals surface area contributed by atoms with E-state index in [-0.39, 0.29) is 12.1 Å². The van der Waals surface area contributed by atoms with E-state index in [1.54, 1.807) is 21.3 Å². The van der Waals surface area contributed by atoms with Crippen molar-refractivity contribution in [3.63, 3.8) is 0 Å². The van der Waals surface area contributed by atoms with Crippen LogP contribution in [0, 0.1) is 0 Å². The zero-order chi connectivity index (χ0) is 14.5. The summed E-state index contributed by atoms with van der Waals surface area (Å²) in [5.41, 5.74) is 0.531. The Balaban J connectivity index is 3.04. The Morgan fingerprint density at radius 2 is 1.58 bits per heavy atom. The third-order valence-electron chi connectivity index (χ3n) is 2.96. The summed E-state index contributed by atoms with van der Waals surface area (Å²) in [5.74, 6) is 2.06. The Morgan fingerprint density at radius 1 is 1.05 bits per heavy atom. The van der Waals surface area contributed by atoms with Crippen molar-refractivity contribution in [3.8, 4) is 17.2 Å². The molecule has 0 spiro atoms. The van der Waals surface area contributed by atoms with Gasteiger partial charge >= 0.3 is 0 Å². The molecule has 1 aromatic rings. The lowest BCUT2D eigenvalue weighted by Gasteiger charge is -2.25. The van der Waals surface area contributed by atoms with Crippen LogP contribution in [-0.2, 0) is 6.54 Å². The first-order valence-corrected chi connectivity index (χ1v) is 6.12. The van der Waals surface area contributed by atoms with Gasteiger partial charge in [-0.15, -0.1) is 0 Å². The predicted octanol–water partition coefficient (Wildman–Crippen LogP) is 1.57. The molecule has 5 nitrogen and oxygen atoms in total. The molecule has 0 saturated heterocycles. The summed E-state index contributed by atoms with van der Waals surface area (Å²) in [7, 11) is 4.81. The van der Waals surface area contributed by atoms with E-state index in [4.69, 9.17) is 14.2 Å². The van der Waals surface area contributed by atoms with Gasteiger partial charge in [-0.05, 0) is 13.8 Å². The molecule has 0 heterocycles. The minimum Gasteiger partial charge on any atom is -0.496 e. The molecule has 0 saturated carbocycles. The SMILES string of the molecule is COc1cc(OC)c(CNC(C)(C)CO)c(OC)c1. The number of hydrogen-bond donors (Lipinski definition) is 2. The van der Waals surface area contributed by atoms with Gasteiger partial charge in [0.1, 0.15) is 17.2 Å². The molecule has 19 heavy (non-hydrogen) atoms. The molecule has 0 atom stereocenters. The summed E-state index contributed by atoms with van der Waals surface area (Å²) in [5, 5.41) is 12.5. The third-order valence-corrected chi connectivity index (χ3v) is 2.96. The van der Waals surface area contributed by atoms with Crippen molar-refractivity contribution in [1.82, 2.24) is 5.32 Å². The lowest BCUT2D eigenvalue weighted by molar-refractivity contribution is 0.186. The second-order valence-corrected chi connectivity index (χ2v) is 4.91. The van der Waals surface area contributed by atoms with Gasteiger partial charge in [0.15, 0.2) is 0 Å². The van der Waals surface area contributed by atoms with E-state index in [0.29, 0.717) is 23.8 Å². The summed E-state index contributed by atoms with van der Waals surface area (Å²) in [6.07, 6.45) is 0. The highest BCUT2D eigenvalue weighted by molar-refractivity contribution is 5.50. The van der Waals surface area contributed by atoms with Gasteiger partial charge in [0, 0.05) is 24.2 Å². The fourth-order valence-corrected chi connectivity index (χ4v) is 1.64. The summed E-state index contributed by atoms with van der Waals surface area (Å²) in [6, 6.07) is 3.62. The molecule has 0 radical (unpaired) electrons. The van der Waals surface area contributed by atoms with Crippen LogP contribution < -0.4 is 19.5 Å². The van der Waals surface area contributed by atoms with E-state index in [2.05, 4.69) is 5.32 Å². The normalized spacial score (nSPS) is 11.3. The van der Waals surface area contributed by atoms with Gasteiger partial charge in [0.05, 0.1) is 33.5 Å². The minimum absolute atomic E-state index is 0.0494. The Hall–Kier alpha value is -1.46. The maximum absolute atomic E-state index is 9.26. The topological polar surface area (TPSA) is 60.0 Å². The van der Waals surface area contributed by atoms with Gasteiger partial charge in [0.2, 0.25) is 0 Å². The third kappa shape index (κ3) is 4.01. The predicted molar refractivity (Wildman–Crippen MR) is 74.1 cm³/mol. The van der Waals surface area contributed by atoms with E-state index >= 15 is 0 Å². The van der Waals surface area contributed by atoms with Crippen LogP contribution in [0.2, 0.25) is 0 Å². The zero-order valence-electron chi connectivity index (χ0n) is 12.2. The van der Waals surface area contributed by atoms with E-state index in [9.17, 15) is 5.11 Å². The van der Waals surface area contributed by atoms with Gasteiger partial charge < -0.3 is 24.6 Å². The number of ether oxygens (including phenoxy) is 3. The fourth-order valence-electron chi connectivity index (χ4n) is 1.64. The Bertz CT molecular complexity index is 393. The Labute approximate surface area is 114 Å². The first-order valence-electron chi connectivity index (χ1n) is 6.12. The molecular weight excluding hydrogens is 246 g/mol. The van der Waals surface area contributed by atoms with Crippen LogP contribution in [0.15, 0.2) is 12.1 Å². The molecule has 0 aliphatic heterocycles. The zero-order valence-corrected chi connectivity index (χ0v) is 12.2. The van der Waals surface area contributed by atoms with Crippen LogP contribution in [0.5, 0.6) is 17.2 Å². The highest BCUT2D eigenvalue weighted by Crippen LogP contribution is 2.34. The molecule has 5 heteroatoms. The molecule has 0 aromatic heterocycles. The van der Waals surface area contributed by atoms with Crippen molar-refractivity contribution in [2.45, 2.75) is 25.9 Å². The van der Waals surface area contributed by atoms with Crippen LogP contribution in [0.3, 0.4) is 0 Å². The van der Waals surface area contributed by atoms with Gasteiger partial charge in [-0.25, -0.2) is 0 Å². The van der Waals surface area contributed by atoms with Gasteiger partial charge in [0.25, 0.3) is 0 Å². The lowest BCUT2D eigenvalue weighted by atomic mass is 10.1. The van der Waals surface area contributed by atoms with Gasteiger partial charge in [-0.1, -0.05) is 0 Å². The van der Waals surface area contributed by atoms with Crippen LogP contribution >= 0.6 is 0 Å². The van der Waals surface area contributed by atoms with Crippen LogP contribution in [0.1, 0.15) is 19.4 Å². The molecular formula is C14H23NO4. The molecule has 2 N–H and O–H groups in total. The van der Waals surface area contributed by atoms with Crippen molar-refractivity contribution >= 4 is 0 Å². The molecule has 0 bridgehead atoms. The van der Waals surface area contributed by atoms with Crippen molar-refractivity contribution < 1.29 is 19.3 Å². The van der Waals surface area contributed by atoms with Crippen LogP contribution in [0.4, 0.5) is 0 Å². The molecule has 1 rings (SSSR count). The molecule has 0 aliphatic rings. The summed E-state index contributed by atoms with van der Waals surface area (Å²) in [4.78, 5) is 0. The number of aliphatic hydroxyl groups is 1. The fraction of sp³-hybridized carbons (Fsp3) is 0.571. The number of hydrogen-bond acceptors (Lipinski definition) is 5. The van der Waals surface area contributed by atoms with Crippen molar-refractivity contribution in [2.24, 2.45) is 0 Å². The number of benzene rings is 1. The second kappa shape index (κ2) is 6.63. The maximum atomic E-state index is 9.26. The average molecular weight is 269 g/mol. The first kappa shape index (κ1) is 15.6. The maximum Gasteiger partial charge on any atom is 0.130 e. The summed E-state index contributed by atoms with van der Waals surface area (Å²) < 4.78 is 15.9. The molecule has 0 amide bonds. The van der Waals surface area contributed by atoms with E-state index in [0.717, 1.165) is 5.56 Å². The highest BCUT2D eigenvalue weighted by Gasteiger charge is 2.19. The number of methoxy groups -OCH3 is 3. The summed E-state index contributed by atoms with van der Waals surface area (Å²) >= 11 is 0. The van der Waals surface area contributed by atoms with Crippen LogP contribution in [0.25, 0.3) is 0 Å². The van der Waals surface area contributed by atoms with Gasteiger partial charge in [-0.2, -0.15) is 0 Å². The largest absolute Gasteiger partial charge is 0.496 e. The monoisotopic (exact) mass is 269 g/mol. The smallest absolute Gasteiger partial charge is 0.130 e. The standard InChI is InChI=1S/C14H23NO4/c1-14(2,9-16)15-8-11-12(18-4)6-10(17-3)7-13(11)19-5/h6-7,15-16H,8-9H2,1-5H3. The molecule has 0 aliphatic carbocycles. The summed E-state index contributed by atoms with van der Waals surface area (Å²) in [6.45, 7) is 4.43. The van der Waals surface area contributed by atoms with E-state index in [1.165, 1.54) is 0 Å². The molecule has 1 aromatic carbocycles. The molecule has 108 valence electrons. The number of rotatable bonds is 7. The molecule has 0 unspecified atom stereocenters. The number of aliphatic hydroxyl groups excluding tert-OH is 1. The first-order chi connectivity index (χ1) is 8.97. The quantitative estimate of drug-likeness (QED) is 0.787. The lowest BCUT2D eigenvalue weighted by Crippen LogP contribution is -2.42. The second-order valence-electron chi connectivity index (χ2n) is 4.91. The molecule has 0 fully saturated rings. The van der Waals surface area contributed by atoms with Crippen molar-refractivity contribution in [3.05, 3.63) is 17.7 Å². The van der Waals surface area contributed by atoms with Gasteiger partial charge in [-0.3, -0.25) is 0 Å². The van der Waals surface area contributed by atoms with Crippen molar-refractivity contribution in [1.29, 1.82) is 0 Å². The highest BCUT2D eigenvalue weighted by atomic mass is 16.5. The number of nitrogens with one attached hydrogen (secondary N) is 1. The Morgan fingerprint density at radius 3 is 1.95 bits per heavy atom. The Kier molecular flexibility index (Phi) is 5.44. The van der Waals surface area contributed by atoms with Crippen LogP contribution in [-0.4, -0.2) is 38.6 Å². The average Bonchev–Trinajstić information content (AvgIpc) is 2.44. The minimum atomic E-state index is -0.365. The van der Waals surface area contributed by atoms with E-state index in [1.807, 2.05) is 26.0 Å². The van der Waals surface area contributed by atoms with Crippen molar-refractivity contribution in [2.75, 3.05) is 27.9 Å².